The molecule has 6 nitrogen and oxygen atoms in total. The van der Waals surface area contributed by atoms with Gasteiger partial charge in [0.25, 0.3) is 0 Å². The molecule has 0 aromatic rings. The lowest BCUT2D eigenvalue weighted by Gasteiger charge is -2.18. The van der Waals surface area contributed by atoms with Crippen LogP contribution in [0.15, 0.2) is 24.3 Å². The van der Waals surface area contributed by atoms with E-state index in [1.54, 1.807) is 0 Å². The fraction of sp³-hybridized carbons (Fsp3) is 0.909. The molecule has 0 radical (unpaired) electrons. The van der Waals surface area contributed by atoms with Crippen LogP contribution in [-0.4, -0.2) is 37.2 Å². The van der Waals surface area contributed by atoms with E-state index in [2.05, 4.69) is 45.1 Å². The molecule has 490 valence electrons. The number of carbonyl (C=O) groups is 3. The van der Waals surface area contributed by atoms with Crippen molar-refractivity contribution in [3.63, 3.8) is 0 Å². The summed E-state index contributed by atoms with van der Waals surface area (Å²) in [6.45, 7) is 6.72. The normalized spacial score (nSPS) is 12.1. The summed E-state index contributed by atoms with van der Waals surface area (Å²) < 4.78 is 17.0. The summed E-state index contributed by atoms with van der Waals surface area (Å²) >= 11 is 0. The zero-order valence-electron chi connectivity index (χ0n) is 56.5. The Balaban J connectivity index is 4.17. The Hall–Kier alpha value is -2.11. The first-order chi connectivity index (χ1) is 41.0. The standard InChI is InChI=1S/C77H146O6/c1-4-7-10-13-16-19-22-25-28-31-33-34-35-36-37-38-39-40-41-42-43-44-45-47-49-52-55-58-61-64-67-70-76(79)82-73-74(72-81-75(78)69-66-63-60-57-54-51-48-30-27-24-21-18-15-12-9-6-3)83-77(80)71-68-65-62-59-56-53-50-46-32-29-26-23-20-17-14-11-8-5-2/h29,31-33,74H,4-28,30,34-73H2,1-3H3/b32-29-,33-31-. The molecular weight excluding hydrogens is 1020 g/mol. The topological polar surface area (TPSA) is 78.9 Å². The van der Waals surface area contributed by atoms with Crippen LogP contribution in [0.4, 0.5) is 0 Å². The molecule has 0 aliphatic carbocycles. The van der Waals surface area contributed by atoms with Gasteiger partial charge >= 0.3 is 17.9 Å². The highest BCUT2D eigenvalue weighted by atomic mass is 16.6. The Kier molecular flexibility index (Phi) is 70.5. The molecule has 0 bridgehead atoms. The summed E-state index contributed by atoms with van der Waals surface area (Å²) in [5.74, 6) is -0.834. The number of esters is 3. The van der Waals surface area contributed by atoms with Crippen molar-refractivity contribution < 1.29 is 28.6 Å². The van der Waals surface area contributed by atoms with E-state index in [9.17, 15) is 14.4 Å². The number of hydrogen-bond donors (Lipinski definition) is 0. The van der Waals surface area contributed by atoms with Crippen LogP contribution in [0, 0.1) is 0 Å². The minimum atomic E-state index is -0.771. The third kappa shape index (κ3) is 70.5. The second-order valence-electron chi connectivity index (χ2n) is 25.9. The van der Waals surface area contributed by atoms with Gasteiger partial charge in [0, 0.05) is 19.3 Å². The van der Waals surface area contributed by atoms with E-state index in [-0.39, 0.29) is 31.1 Å². The maximum Gasteiger partial charge on any atom is 0.306 e. The van der Waals surface area contributed by atoms with E-state index < -0.39 is 6.10 Å². The largest absolute Gasteiger partial charge is 0.462 e. The van der Waals surface area contributed by atoms with Gasteiger partial charge in [-0.2, -0.15) is 0 Å². The van der Waals surface area contributed by atoms with Crippen LogP contribution < -0.4 is 0 Å². The minimum absolute atomic E-state index is 0.0661. The Bertz CT molecular complexity index is 1340. The van der Waals surface area contributed by atoms with Gasteiger partial charge in [-0.1, -0.05) is 366 Å². The average molecular weight is 1170 g/mol. The van der Waals surface area contributed by atoms with Crippen molar-refractivity contribution in [3.8, 4) is 0 Å². The molecule has 1 unspecified atom stereocenters. The van der Waals surface area contributed by atoms with Crippen molar-refractivity contribution >= 4 is 17.9 Å². The fourth-order valence-corrected chi connectivity index (χ4v) is 11.7. The molecule has 1 atom stereocenters. The first-order valence-electron chi connectivity index (χ1n) is 37.8. The lowest BCUT2D eigenvalue weighted by molar-refractivity contribution is -0.167. The van der Waals surface area contributed by atoms with Crippen molar-refractivity contribution in [1.82, 2.24) is 0 Å². The van der Waals surface area contributed by atoms with Crippen LogP contribution in [0.1, 0.15) is 432 Å². The first-order valence-corrected chi connectivity index (χ1v) is 37.8. The molecule has 0 aliphatic rings. The quantitative estimate of drug-likeness (QED) is 0.0261. The number of ether oxygens (including phenoxy) is 3. The summed E-state index contributed by atoms with van der Waals surface area (Å²) in [5, 5.41) is 0. The van der Waals surface area contributed by atoms with Crippen molar-refractivity contribution in [1.29, 1.82) is 0 Å². The van der Waals surface area contributed by atoms with Crippen molar-refractivity contribution in [3.05, 3.63) is 24.3 Å². The molecule has 0 saturated carbocycles. The summed E-state index contributed by atoms with van der Waals surface area (Å²) in [4.78, 5) is 38.5. The van der Waals surface area contributed by atoms with Crippen LogP contribution in [0.5, 0.6) is 0 Å². The lowest BCUT2D eigenvalue weighted by atomic mass is 10.0. The molecule has 0 heterocycles. The predicted molar refractivity (Wildman–Crippen MR) is 363 cm³/mol. The van der Waals surface area contributed by atoms with E-state index in [0.717, 1.165) is 57.8 Å². The van der Waals surface area contributed by atoms with Gasteiger partial charge in [0.1, 0.15) is 13.2 Å². The molecule has 0 rings (SSSR count). The maximum atomic E-state index is 13.0. The Morgan fingerprint density at radius 3 is 0.602 bits per heavy atom. The van der Waals surface area contributed by atoms with Gasteiger partial charge in [-0.25, -0.2) is 0 Å². The molecule has 0 N–H and O–H groups in total. The Labute approximate surface area is 519 Å². The van der Waals surface area contributed by atoms with Crippen molar-refractivity contribution in [2.24, 2.45) is 0 Å². The van der Waals surface area contributed by atoms with Crippen molar-refractivity contribution in [2.45, 2.75) is 438 Å². The number of unbranched alkanes of at least 4 members (excludes halogenated alkanes) is 56. The molecule has 0 aromatic carbocycles. The monoisotopic (exact) mass is 1170 g/mol. The van der Waals surface area contributed by atoms with Gasteiger partial charge in [-0.3, -0.25) is 14.4 Å². The highest BCUT2D eigenvalue weighted by Gasteiger charge is 2.20. The predicted octanol–water partition coefficient (Wildman–Crippen LogP) is 26.1. The van der Waals surface area contributed by atoms with Crippen LogP contribution in [0.25, 0.3) is 0 Å². The third-order valence-corrected chi connectivity index (χ3v) is 17.4. The maximum absolute atomic E-state index is 13.0. The van der Waals surface area contributed by atoms with Crippen molar-refractivity contribution in [2.75, 3.05) is 13.2 Å². The molecule has 0 amide bonds. The van der Waals surface area contributed by atoms with E-state index in [4.69, 9.17) is 14.2 Å². The zero-order chi connectivity index (χ0) is 59.9. The van der Waals surface area contributed by atoms with E-state index in [1.165, 1.54) is 334 Å². The second kappa shape index (κ2) is 72.4. The minimum Gasteiger partial charge on any atom is -0.462 e. The fourth-order valence-electron chi connectivity index (χ4n) is 11.7. The first kappa shape index (κ1) is 80.9. The molecule has 0 saturated heterocycles. The number of allylic oxidation sites excluding steroid dienone is 4. The smallest absolute Gasteiger partial charge is 0.306 e. The van der Waals surface area contributed by atoms with Gasteiger partial charge < -0.3 is 14.2 Å². The molecule has 0 fully saturated rings. The molecular formula is C77H146O6. The van der Waals surface area contributed by atoms with Gasteiger partial charge in [-0.05, 0) is 70.6 Å². The third-order valence-electron chi connectivity index (χ3n) is 17.4. The number of carbonyl (C=O) groups excluding carboxylic acids is 3. The van der Waals surface area contributed by atoms with Gasteiger partial charge in [0.05, 0.1) is 0 Å². The van der Waals surface area contributed by atoms with Crippen LogP contribution in [-0.2, 0) is 28.6 Å². The van der Waals surface area contributed by atoms with Gasteiger partial charge in [-0.15, -0.1) is 0 Å². The van der Waals surface area contributed by atoms with Crippen LogP contribution in [0.3, 0.4) is 0 Å². The molecule has 0 spiro atoms. The molecule has 0 aromatic heterocycles. The van der Waals surface area contributed by atoms with Crippen LogP contribution in [0.2, 0.25) is 0 Å². The highest BCUT2D eigenvalue weighted by Crippen LogP contribution is 2.19. The molecule has 0 aliphatic heterocycles. The van der Waals surface area contributed by atoms with E-state index in [0.29, 0.717) is 19.3 Å². The molecule has 83 heavy (non-hydrogen) atoms. The SMILES string of the molecule is CCCCCCCCC/C=C\CCCCCCCCCC(=O)OC(COC(=O)CCCCCCCCCCCCCCCCCC)COC(=O)CCCCCCCCCCCCCCCCCCCCC/C=C\CCCCCCCCCC. The number of hydrogen-bond acceptors (Lipinski definition) is 6. The van der Waals surface area contributed by atoms with E-state index >= 15 is 0 Å². The van der Waals surface area contributed by atoms with Gasteiger partial charge in [0.15, 0.2) is 6.10 Å². The lowest BCUT2D eigenvalue weighted by Crippen LogP contribution is -2.30. The summed E-state index contributed by atoms with van der Waals surface area (Å²) in [6.07, 6.45) is 89.4. The summed E-state index contributed by atoms with van der Waals surface area (Å²) in [5.41, 5.74) is 0. The Morgan fingerprint density at radius 1 is 0.229 bits per heavy atom. The average Bonchev–Trinajstić information content (AvgIpc) is 3.50. The van der Waals surface area contributed by atoms with Crippen LogP contribution >= 0.6 is 0 Å². The second-order valence-corrected chi connectivity index (χ2v) is 25.9. The zero-order valence-corrected chi connectivity index (χ0v) is 56.5. The summed E-state index contributed by atoms with van der Waals surface area (Å²) in [6, 6.07) is 0. The van der Waals surface area contributed by atoms with Gasteiger partial charge in [0.2, 0.25) is 0 Å². The highest BCUT2D eigenvalue weighted by molar-refractivity contribution is 5.71. The van der Waals surface area contributed by atoms with E-state index in [1.807, 2.05) is 0 Å². The Morgan fingerprint density at radius 2 is 0.398 bits per heavy atom. The number of rotatable bonds is 71. The summed E-state index contributed by atoms with van der Waals surface area (Å²) in [7, 11) is 0. The molecule has 6 heteroatoms.